The maximum absolute atomic E-state index is 12.3. The number of tetrazole rings is 1. The molecule has 4 aromatic rings. The number of benzene rings is 3. The van der Waals surface area contributed by atoms with Gasteiger partial charge >= 0.3 is 0 Å². The van der Waals surface area contributed by atoms with Gasteiger partial charge in [-0.15, -0.1) is 10.2 Å². The predicted octanol–water partition coefficient (Wildman–Crippen LogP) is 3.77. The Morgan fingerprint density at radius 3 is 2.31 bits per heavy atom. The van der Waals surface area contributed by atoms with Crippen molar-refractivity contribution in [3.8, 4) is 11.4 Å². The van der Waals surface area contributed by atoms with Crippen molar-refractivity contribution in [2.24, 2.45) is 0 Å². The second-order valence-electron chi connectivity index (χ2n) is 6.74. The first-order chi connectivity index (χ1) is 15.5. The van der Waals surface area contributed by atoms with Gasteiger partial charge in [0, 0.05) is 16.1 Å². The van der Waals surface area contributed by atoms with E-state index < -0.39 is 11.8 Å². The van der Waals surface area contributed by atoms with Crippen LogP contribution in [0.25, 0.3) is 11.4 Å². The van der Waals surface area contributed by atoms with Crippen LogP contribution in [0.3, 0.4) is 0 Å². The average Bonchev–Trinajstić information content (AvgIpc) is 3.27. The Bertz CT molecular complexity index is 1260. The van der Waals surface area contributed by atoms with E-state index in [1.807, 2.05) is 30.3 Å². The van der Waals surface area contributed by atoms with E-state index in [2.05, 4.69) is 26.3 Å². The molecular weight excluding hydrogens is 451 g/mol. The highest BCUT2D eigenvalue weighted by molar-refractivity contribution is 6.36. The Morgan fingerprint density at radius 1 is 0.875 bits per heavy atom. The van der Waals surface area contributed by atoms with Crippen LogP contribution >= 0.6 is 23.2 Å². The zero-order chi connectivity index (χ0) is 22.5. The molecule has 0 aliphatic heterocycles. The number of carbonyl (C=O) groups excluding carboxylic acids is 2. The monoisotopic (exact) mass is 466 g/mol. The third-order valence-corrected chi connectivity index (χ3v) is 5.04. The molecule has 0 unspecified atom stereocenters. The smallest absolute Gasteiger partial charge is 0.267 e. The highest BCUT2D eigenvalue weighted by atomic mass is 35.5. The summed E-state index contributed by atoms with van der Waals surface area (Å²) in [6.45, 7) is 0.396. The van der Waals surface area contributed by atoms with Gasteiger partial charge in [0.1, 0.15) is 0 Å². The van der Waals surface area contributed by atoms with Gasteiger partial charge in [-0.05, 0) is 41.1 Å². The first-order valence-corrected chi connectivity index (χ1v) is 10.2. The third-order valence-electron chi connectivity index (χ3n) is 4.49. The van der Waals surface area contributed by atoms with Crippen molar-refractivity contribution in [2.45, 2.75) is 6.54 Å². The lowest BCUT2D eigenvalue weighted by atomic mass is 10.1. The van der Waals surface area contributed by atoms with E-state index in [0.717, 1.165) is 11.1 Å². The molecule has 0 fully saturated rings. The van der Waals surface area contributed by atoms with Crippen LogP contribution in [-0.4, -0.2) is 32.0 Å². The summed E-state index contributed by atoms with van der Waals surface area (Å²) in [6, 6.07) is 20.9. The van der Waals surface area contributed by atoms with Crippen molar-refractivity contribution in [3.63, 3.8) is 0 Å². The van der Waals surface area contributed by atoms with Crippen LogP contribution in [0.5, 0.6) is 0 Å². The lowest BCUT2D eigenvalue weighted by Crippen LogP contribution is -2.41. The van der Waals surface area contributed by atoms with Crippen LogP contribution in [0.2, 0.25) is 10.0 Å². The summed E-state index contributed by atoms with van der Waals surface area (Å²) in [5.74, 6) is -0.485. The second-order valence-corrected chi connectivity index (χ2v) is 7.58. The molecule has 0 aliphatic rings. The van der Waals surface area contributed by atoms with Gasteiger partial charge in [-0.25, -0.2) is 0 Å². The van der Waals surface area contributed by atoms with Gasteiger partial charge in [-0.2, -0.15) is 4.80 Å². The number of aromatic nitrogens is 4. The zero-order valence-electron chi connectivity index (χ0n) is 16.5. The van der Waals surface area contributed by atoms with Crippen molar-refractivity contribution in [1.29, 1.82) is 0 Å². The van der Waals surface area contributed by atoms with Gasteiger partial charge in [-0.3, -0.25) is 20.4 Å². The highest BCUT2D eigenvalue weighted by Crippen LogP contribution is 2.20. The van der Waals surface area contributed by atoms with E-state index in [1.54, 1.807) is 24.3 Å². The molecule has 10 heteroatoms. The normalized spacial score (nSPS) is 10.6. The van der Waals surface area contributed by atoms with E-state index in [1.165, 1.54) is 23.0 Å². The van der Waals surface area contributed by atoms with Crippen molar-refractivity contribution in [1.82, 2.24) is 31.1 Å². The predicted molar refractivity (Wildman–Crippen MR) is 120 cm³/mol. The molecule has 0 saturated carbocycles. The summed E-state index contributed by atoms with van der Waals surface area (Å²) in [7, 11) is 0. The first kappa shape index (κ1) is 21.5. The van der Waals surface area contributed by atoms with Crippen LogP contribution < -0.4 is 10.9 Å². The number of hydrazine groups is 1. The zero-order valence-corrected chi connectivity index (χ0v) is 18.0. The molecule has 0 atom stereocenters. The summed E-state index contributed by atoms with van der Waals surface area (Å²) < 4.78 is 0. The minimum absolute atomic E-state index is 0.186. The van der Waals surface area contributed by atoms with E-state index in [9.17, 15) is 9.59 Å². The topological polar surface area (TPSA) is 102 Å². The summed E-state index contributed by atoms with van der Waals surface area (Å²) in [6.07, 6.45) is 0. The van der Waals surface area contributed by atoms with Crippen molar-refractivity contribution >= 4 is 35.0 Å². The summed E-state index contributed by atoms with van der Waals surface area (Å²) in [5.41, 5.74) is 7.02. The maximum atomic E-state index is 12.3. The van der Waals surface area contributed by atoms with Crippen LogP contribution in [0.4, 0.5) is 0 Å². The summed E-state index contributed by atoms with van der Waals surface area (Å²) in [4.78, 5) is 26.0. The molecule has 1 heterocycles. The molecule has 0 bridgehead atoms. The number of nitrogens with one attached hydrogen (secondary N) is 2. The van der Waals surface area contributed by atoms with Gasteiger partial charge < -0.3 is 0 Å². The molecule has 160 valence electrons. The van der Waals surface area contributed by atoms with Crippen molar-refractivity contribution in [3.05, 3.63) is 99.5 Å². The van der Waals surface area contributed by atoms with E-state index in [-0.39, 0.29) is 10.6 Å². The molecule has 0 saturated heterocycles. The summed E-state index contributed by atoms with van der Waals surface area (Å²) >= 11 is 11.8. The fourth-order valence-electron chi connectivity index (χ4n) is 2.86. The quantitative estimate of drug-likeness (QED) is 0.435. The third kappa shape index (κ3) is 5.11. The van der Waals surface area contributed by atoms with E-state index in [0.29, 0.717) is 23.0 Å². The Hall–Kier alpha value is -3.75. The van der Waals surface area contributed by atoms with Crippen LogP contribution in [-0.2, 0) is 6.54 Å². The molecular formula is C22H16Cl2N6O2. The molecule has 2 N–H and O–H groups in total. The molecule has 0 spiro atoms. The molecule has 0 aliphatic carbocycles. The summed E-state index contributed by atoms with van der Waals surface area (Å²) in [5, 5.41) is 13.1. The van der Waals surface area contributed by atoms with Gasteiger partial charge in [-0.1, -0.05) is 65.7 Å². The Morgan fingerprint density at radius 2 is 1.59 bits per heavy atom. The number of halogens is 2. The average molecular weight is 467 g/mol. The lowest BCUT2D eigenvalue weighted by Gasteiger charge is -2.09. The highest BCUT2D eigenvalue weighted by Gasteiger charge is 2.13. The molecule has 2 amide bonds. The first-order valence-electron chi connectivity index (χ1n) is 9.47. The van der Waals surface area contributed by atoms with Gasteiger partial charge in [0.2, 0.25) is 5.82 Å². The molecule has 1 aromatic heterocycles. The molecule has 3 aromatic carbocycles. The van der Waals surface area contributed by atoms with Crippen LogP contribution in [0.15, 0.2) is 72.8 Å². The molecule has 4 rings (SSSR count). The Balaban J connectivity index is 1.34. The minimum atomic E-state index is -0.553. The van der Waals surface area contributed by atoms with E-state index in [4.69, 9.17) is 23.2 Å². The fraction of sp³-hybridized carbons (Fsp3) is 0.0455. The van der Waals surface area contributed by atoms with Gasteiger partial charge in [0.15, 0.2) is 0 Å². The lowest BCUT2D eigenvalue weighted by molar-refractivity contribution is 0.0846. The van der Waals surface area contributed by atoms with Crippen LogP contribution in [0.1, 0.15) is 26.3 Å². The van der Waals surface area contributed by atoms with Gasteiger partial charge in [0.25, 0.3) is 11.8 Å². The van der Waals surface area contributed by atoms with Crippen LogP contribution in [0, 0.1) is 0 Å². The minimum Gasteiger partial charge on any atom is -0.267 e. The van der Waals surface area contributed by atoms with Gasteiger partial charge in [0.05, 0.1) is 17.1 Å². The molecule has 0 radical (unpaired) electrons. The second kappa shape index (κ2) is 9.59. The Kier molecular flexibility index (Phi) is 6.44. The number of hydrogen-bond donors (Lipinski definition) is 2. The van der Waals surface area contributed by atoms with E-state index >= 15 is 0 Å². The fourth-order valence-corrected chi connectivity index (χ4v) is 3.36. The largest absolute Gasteiger partial charge is 0.271 e. The number of amides is 2. The maximum Gasteiger partial charge on any atom is 0.271 e. The molecule has 8 nitrogen and oxygen atoms in total. The standard InChI is InChI=1S/C22H16Cl2N6O2/c23-17-10-11-18(19(24)12-17)22(32)27-26-21(31)16-8-6-14(7-9-16)13-30-28-20(25-29-30)15-4-2-1-3-5-15/h1-12H,13H2,(H,26,31)(H,27,32). The number of carbonyl (C=O) groups is 2. The van der Waals surface area contributed by atoms with Crippen molar-refractivity contribution < 1.29 is 9.59 Å². The molecule has 32 heavy (non-hydrogen) atoms. The number of rotatable bonds is 5. The van der Waals surface area contributed by atoms with Crippen molar-refractivity contribution in [2.75, 3.05) is 0 Å². The Labute approximate surface area is 193 Å². The number of nitrogens with zero attached hydrogens (tertiary/aromatic N) is 4. The SMILES string of the molecule is O=C(NNC(=O)c1ccc(Cl)cc1Cl)c1ccc(Cn2nnc(-c3ccccc3)n2)cc1. The number of hydrogen-bond acceptors (Lipinski definition) is 5.